The van der Waals surface area contributed by atoms with Crippen LogP contribution >= 0.6 is 11.6 Å². The normalized spacial score (nSPS) is 9.27. The molecule has 0 aliphatic rings. The fraction of sp³-hybridized carbons (Fsp3) is 0.625. The summed E-state index contributed by atoms with van der Waals surface area (Å²) < 4.78 is 4.81. The molecule has 2 nitrogen and oxygen atoms in total. The highest BCUT2D eigenvalue weighted by atomic mass is 35.5. The van der Waals surface area contributed by atoms with E-state index in [0.717, 1.165) is 12.8 Å². The molecule has 0 fully saturated rings. The molecule has 0 unspecified atom stereocenters. The summed E-state index contributed by atoms with van der Waals surface area (Å²) in [6.07, 6.45) is 1.90. The SMILES string of the molecule is C=C(CCl)C(=O)OCCCC. The molecule has 0 amide bonds. The van der Waals surface area contributed by atoms with Crippen LogP contribution in [0.4, 0.5) is 0 Å². The molecule has 0 aliphatic heterocycles. The largest absolute Gasteiger partial charge is 0.462 e. The second-order valence-electron chi connectivity index (χ2n) is 2.23. The Morgan fingerprint density at radius 1 is 1.64 bits per heavy atom. The van der Waals surface area contributed by atoms with Crippen LogP contribution in [0.5, 0.6) is 0 Å². The van der Waals surface area contributed by atoms with Gasteiger partial charge in [0.1, 0.15) is 0 Å². The van der Waals surface area contributed by atoms with E-state index in [4.69, 9.17) is 16.3 Å². The van der Waals surface area contributed by atoms with Gasteiger partial charge in [0.2, 0.25) is 0 Å². The molecule has 64 valence electrons. The molecule has 0 aromatic rings. The monoisotopic (exact) mass is 176 g/mol. The molecular formula is C8H13ClO2. The fourth-order valence-corrected chi connectivity index (χ4v) is 0.575. The summed E-state index contributed by atoms with van der Waals surface area (Å²) >= 11 is 5.36. The molecular weight excluding hydrogens is 164 g/mol. The maximum atomic E-state index is 10.8. The molecule has 0 spiro atoms. The topological polar surface area (TPSA) is 26.3 Å². The van der Waals surface area contributed by atoms with Crippen molar-refractivity contribution in [2.45, 2.75) is 19.8 Å². The van der Waals surface area contributed by atoms with Crippen LogP contribution < -0.4 is 0 Å². The minimum atomic E-state index is -0.381. The predicted octanol–water partition coefficient (Wildman–Crippen LogP) is 2.12. The summed E-state index contributed by atoms with van der Waals surface area (Å²) in [5.41, 5.74) is 0.322. The van der Waals surface area contributed by atoms with Crippen molar-refractivity contribution in [1.82, 2.24) is 0 Å². The van der Waals surface area contributed by atoms with E-state index in [1.165, 1.54) is 0 Å². The van der Waals surface area contributed by atoms with Crippen LogP contribution in [0.15, 0.2) is 12.2 Å². The molecule has 0 aromatic heterocycles. The first-order chi connectivity index (χ1) is 5.22. The van der Waals surface area contributed by atoms with Crippen molar-refractivity contribution in [3.05, 3.63) is 12.2 Å². The molecule has 0 aromatic carbocycles. The van der Waals surface area contributed by atoms with Gasteiger partial charge in [0, 0.05) is 5.57 Å². The number of hydrogen-bond donors (Lipinski definition) is 0. The van der Waals surface area contributed by atoms with Crippen molar-refractivity contribution in [1.29, 1.82) is 0 Å². The summed E-state index contributed by atoms with van der Waals surface area (Å²) in [5, 5.41) is 0. The Morgan fingerprint density at radius 2 is 2.27 bits per heavy atom. The Balaban J connectivity index is 3.44. The van der Waals surface area contributed by atoms with Crippen LogP contribution in [0.25, 0.3) is 0 Å². The number of esters is 1. The molecule has 0 bridgehead atoms. The third-order valence-corrected chi connectivity index (χ3v) is 1.50. The van der Waals surface area contributed by atoms with E-state index in [1.54, 1.807) is 0 Å². The molecule has 0 aliphatic carbocycles. The van der Waals surface area contributed by atoms with Gasteiger partial charge in [-0.2, -0.15) is 0 Å². The molecule has 0 rings (SSSR count). The van der Waals surface area contributed by atoms with Gasteiger partial charge in [-0.3, -0.25) is 0 Å². The summed E-state index contributed by atoms with van der Waals surface area (Å²) in [6, 6.07) is 0. The standard InChI is InChI=1S/C8H13ClO2/c1-3-4-5-11-8(10)7(2)6-9/h2-6H2,1H3. The van der Waals surface area contributed by atoms with Gasteiger partial charge in [-0.25, -0.2) is 4.79 Å². The number of rotatable bonds is 5. The van der Waals surface area contributed by atoms with Crippen LogP contribution in [0.2, 0.25) is 0 Å². The molecule has 0 saturated carbocycles. The third-order valence-electron chi connectivity index (χ3n) is 1.18. The molecule has 0 N–H and O–H groups in total. The average molecular weight is 177 g/mol. The van der Waals surface area contributed by atoms with Crippen molar-refractivity contribution in [2.24, 2.45) is 0 Å². The second kappa shape index (κ2) is 6.23. The molecule has 3 heteroatoms. The van der Waals surface area contributed by atoms with Gasteiger partial charge in [0.15, 0.2) is 0 Å². The van der Waals surface area contributed by atoms with Crippen molar-refractivity contribution in [3.8, 4) is 0 Å². The Labute approximate surface area is 72.2 Å². The zero-order valence-corrected chi connectivity index (χ0v) is 7.49. The highest BCUT2D eigenvalue weighted by molar-refractivity contribution is 6.22. The van der Waals surface area contributed by atoms with Gasteiger partial charge in [-0.05, 0) is 6.42 Å². The number of ether oxygens (including phenoxy) is 1. The van der Waals surface area contributed by atoms with Crippen LogP contribution in [-0.2, 0) is 9.53 Å². The van der Waals surface area contributed by atoms with E-state index in [2.05, 4.69) is 6.58 Å². The predicted molar refractivity (Wildman–Crippen MR) is 45.7 cm³/mol. The summed E-state index contributed by atoms with van der Waals surface area (Å²) in [7, 11) is 0. The first-order valence-electron chi connectivity index (χ1n) is 3.63. The molecule has 0 atom stereocenters. The number of alkyl halides is 1. The van der Waals surface area contributed by atoms with Gasteiger partial charge in [0.05, 0.1) is 12.5 Å². The summed E-state index contributed by atoms with van der Waals surface area (Å²) in [4.78, 5) is 10.8. The minimum Gasteiger partial charge on any atom is -0.462 e. The number of carbonyl (C=O) groups is 1. The van der Waals surface area contributed by atoms with E-state index in [-0.39, 0.29) is 11.8 Å². The Bertz CT molecular complexity index is 143. The summed E-state index contributed by atoms with van der Waals surface area (Å²) in [6.45, 7) is 5.94. The van der Waals surface area contributed by atoms with Gasteiger partial charge < -0.3 is 4.74 Å². The van der Waals surface area contributed by atoms with Crippen molar-refractivity contribution >= 4 is 17.6 Å². The average Bonchev–Trinajstić information content (AvgIpc) is 2.03. The lowest BCUT2D eigenvalue weighted by Crippen LogP contribution is -2.08. The van der Waals surface area contributed by atoms with E-state index < -0.39 is 0 Å². The van der Waals surface area contributed by atoms with Crippen LogP contribution in [0, 0.1) is 0 Å². The first kappa shape index (κ1) is 10.5. The third kappa shape index (κ3) is 4.85. The molecule has 0 saturated heterocycles. The number of hydrogen-bond acceptors (Lipinski definition) is 2. The maximum Gasteiger partial charge on any atom is 0.334 e. The minimum absolute atomic E-state index is 0.144. The van der Waals surface area contributed by atoms with Gasteiger partial charge in [0.25, 0.3) is 0 Å². The van der Waals surface area contributed by atoms with Crippen molar-refractivity contribution in [2.75, 3.05) is 12.5 Å². The highest BCUT2D eigenvalue weighted by Gasteiger charge is 2.05. The zero-order chi connectivity index (χ0) is 8.69. The Morgan fingerprint density at radius 3 is 2.73 bits per heavy atom. The molecule has 0 heterocycles. The molecule has 0 radical (unpaired) electrons. The van der Waals surface area contributed by atoms with E-state index in [1.807, 2.05) is 6.92 Å². The lowest BCUT2D eigenvalue weighted by molar-refractivity contribution is -0.138. The van der Waals surface area contributed by atoms with E-state index in [0.29, 0.717) is 12.2 Å². The number of carbonyl (C=O) groups excluding carboxylic acids is 1. The lowest BCUT2D eigenvalue weighted by atomic mass is 10.3. The summed E-state index contributed by atoms with van der Waals surface area (Å²) in [5.74, 6) is -0.237. The maximum absolute atomic E-state index is 10.8. The van der Waals surface area contributed by atoms with E-state index >= 15 is 0 Å². The quantitative estimate of drug-likeness (QED) is 0.278. The van der Waals surface area contributed by atoms with Crippen molar-refractivity contribution < 1.29 is 9.53 Å². The second-order valence-corrected chi connectivity index (χ2v) is 2.49. The smallest absolute Gasteiger partial charge is 0.334 e. The van der Waals surface area contributed by atoms with Gasteiger partial charge in [-0.15, -0.1) is 11.6 Å². The van der Waals surface area contributed by atoms with Gasteiger partial charge >= 0.3 is 5.97 Å². The lowest BCUT2D eigenvalue weighted by Gasteiger charge is -2.02. The fourth-order valence-electron chi connectivity index (χ4n) is 0.466. The number of halogens is 1. The van der Waals surface area contributed by atoms with E-state index in [9.17, 15) is 4.79 Å². The molecule has 11 heavy (non-hydrogen) atoms. The van der Waals surface area contributed by atoms with Crippen LogP contribution in [0.1, 0.15) is 19.8 Å². The first-order valence-corrected chi connectivity index (χ1v) is 4.16. The number of unbranched alkanes of at least 4 members (excludes halogenated alkanes) is 1. The van der Waals surface area contributed by atoms with Crippen LogP contribution in [0.3, 0.4) is 0 Å². The Hall–Kier alpha value is -0.500. The van der Waals surface area contributed by atoms with Gasteiger partial charge in [-0.1, -0.05) is 19.9 Å². The zero-order valence-electron chi connectivity index (χ0n) is 6.73. The van der Waals surface area contributed by atoms with Crippen molar-refractivity contribution in [3.63, 3.8) is 0 Å². The highest BCUT2D eigenvalue weighted by Crippen LogP contribution is 1.98. The van der Waals surface area contributed by atoms with Crippen LogP contribution in [-0.4, -0.2) is 18.5 Å². The Kier molecular flexibility index (Phi) is 5.94.